The standard InChI is InChI=1S/C61H95Si.3ClH.Ti/c1-9-15-21-27-33-52-41-53(34-28-22-16-10-2)45-58(44-52)62(61-50(7)39-40-51(61)8,59-46-54(35-29-23-17-11-3)42-55(47-59)36-30-24-18-12-4)60-48-56(37-31-25-19-13-5)43-57(49-60)38-32-26-20-14-6;;;;/h41-49H,9-39H2,1-8H3;3*1H;/q;;;;+3/p-3. The van der Waals surface area contributed by atoms with Gasteiger partial charge in [-0.25, -0.2) is 0 Å². The Balaban J connectivity index is 0.00000726. The normalized spacial score (nSPS) is 12.7. The average Bonchev–Trinajstić information content (AvgIpc) is 3.54. The first-order chi connectivity index (χ1) is 30.7. The van der Waals surface area contributed by atoms with Gasteiger partial charge in [-0.2, -0.15) is 0 Å². The zero-order valence-corrected chi connectivity index (χ0v) is 48.6. The molecule has 1 aliphatic rings. The van der Waals surface area contributed by atoms with E-state index in [9.17, 15) is 0 Å². The molecule has 0 saturated heterocycles. The van der Waals surface area contributed by atoms with Gasteiger partial charge in [-0.3, -0.25) is 0 Å². The third-order valence-corrected chi connectivity index (χ3v) is 20.3. The fourth-order valence-corrected chi connectivity index (χ4v) is 17.4. The predicted octanol–water partition coefficient (Wildman–Crippen LogP) is 7.99. The molecule has 1 aliphatic carbocycles. The first-order valence-electron chi connectivity index (χ1n) is 27.3. The van der Waals surface area contributed by atoms with Crippen LogP contribution in [-0.4, -0.2) is 8.07 Å². The van der Waals surface area contributed by atoms with Crippen molar-refractivity contribution < 1.29 is 57.7 Å². The van der Waals surface area contributed by atoms with E-state index in [2.05, 4.69) is 130 Å². The molecular formula is C61H95Cl3SiTi. The van der Waals surface area contributed by atoms with Crippen LogP contribution in [0.25, 0.3) is 0 Å². The van der Waals surface area contributed by atoms with Crippen LogP contribution in [0, 0.1) is 0 Å². The summed E-state index contributed by atoms with van der Waals surface area (Å²) in [7, 11) is -2.85. The van der Waals surface area contributed by atoms with Crippen LogP contribution >= 0.6 is 0 Å². The number of aryl methyl sites for hydroxylation is 6. The second-order valence-electron chi connectivity index (χ2n) is 20.2. The molecule has 0 fully saturated rings. The molecule has 5 heteroatoms. The van der Waals surface area contributed by atoms with E-state index in [1.54, 1.807) is 69.2 Å². The molecule has 0 unspecified atom stereocenters. The number of halogens is 3. The molecule has 0 nitrogen and oxygen atoms in total. The Hall–Kier alpha value is -1.06. The zero-order chi connectivity index (χ0) is 45.3. The Labute approximate surface area is 440 Å². The molecule has 0 bridgehead atoms. The van der Waals surface area contributed by atoms with Crippen LogP contribution in [0.15, 0.2) is 74.8 Å². The number of unbranched alkanes of at least 4 members (excludes halogenated alkanes) is 18. The number of hydrogen-bond donors (Lipinski definition) is 0. The van der Waals surface area contributed by atoms with E-state index in [4.69, 9.17) is 0 Å². The van der Waals surface area contributed by atoms with Crippen LogP contribution in [0.2, 0.25) is 0 Å². The van der Waals surface area contributed by atoms with Crippen LogP contribution < -0.4 is 52.8 Å². The fraction of sp³-hybridized carbons (Fsp3) is 0.639. The van der Waals surface area contributed by atoms with Crippen molar-refractivity contribution in [1.82, 2.24) is 0 Å². The number of benzene rings is 3. The zero-order valence-electron chi connectivity index (χ0n) is 43.8. The van der Waals surface area contributed by atoms with E-state index < -0.39 is 8.07 Å². The van der Waals surface area contributed by atoms with Gasteiger partial charge in [0.25, 0.3) is 0 Å². The van der Waals surface area contributed by atoms with Gasteiger partial charge >= 0.3 is 365 Å². The van der Waals surface area contributed by atoms with Crippen LogP contribution in [0.5, 0.6) is 0 Å². The molecule has 0 heterocycles. The van der Waals surface area contributed by atoms with Gasteiger partial charge in [0.15, 0.2) is 0 Å². The molecule has 0 aromatic heterocycles. The molecule has 3 aromatic rings. The third-order valence-electron chi connectivity index (χ3n) is 14.4. The number of allylic oxidation sites excluding steroid dienone is 4. The summed E-state index contributed by atoms with van der Waals surface area (Å²) in [6.45, 7) is 19.2. The maximum absolute atomic E-state index is 2.85. The number of rotatable bonds is 34. The van der Waals surface area contributed by atoms with Crippen molar-refractivity contribution in [3.05, 3.63) is 108 Å². The Morgan fingerprint density at radius 3 is 0.758 bits per heavy atom. The van der Waals surface area contributed by atoms with Gasteiger partial charge in [-0.05, 0) is 0 Å². The topological polar surface area (TPSA) is 0 Å². The molecule has 0 aliphatic heterocycles. The predicted molar refractivity (Wildman–Crippen MR) is 281 cm³/mol. The second kappa shape index (κ2) is 36.0. The number of hydrogen-bond acceptors (Lipinski definition) is 0. The summed E-state index contributed by atoms with van der Waals surface area (Å²) in [4.78, 5) is 0. The van der Waals surface area contributed by atoms with Crippen molar-refractivity contribution in [2.75, 3.05) is 0 Å². The van der Waals surface area contributed by atoms with E-state index in [-0.39, 0.29) is 37.2 Å². The SMILES string of the molecule is CCCCCCc1cc(CCCCCC)cc([Si](C2=C(C)C[C]([Ti+3])=C2C)(c2cc(CCCCCC)cc(CCCCCC)c2)c2cc(CCCCCC)cc(CCCCCC)c2)c1.[Cl-].[Cl-].[Cl-]. The minimum absolute atomic E-state index is 0. The summed E-state index contributed by atoms with van der Waals surface area (Å²) >= 11 is 2.46. The van der Waals surface area contributed by atoms with E-state index in [0.717, 1.165) is 6.42 Å². The van der Waals surface area contributed by atoms with Crippen molar-refractivity contribution in [2.45, 2.75) is 254 Å². The third kappa shape index (κ3) is 19.6. The molecule has 66 heavy (non-hydrogen) atoms. The summed E-state index contributed by atoms with van der Waals surface area (Å²) < 4.78 is 1.60. The van der Waals surface area contributed by atoms with Crippen molar-refractivity contribution in [2.24, 2.45) is 0 Å². The first kappa shape index (κ1) is 63.0. The van der Waals surface area contributed by atoms with Gasteiger partial charge < -0.3 is 37.2 Å². The van der Waals surface area contributed by atoms with Crippen LogP contribution in [0.4, 0.5) is 0 Å². The summed E-state index contributed by atoms with van der Waals surface area (Å²) in [5, 5.41) is 6.80. The van der Waals surface area contributed by atoms with E-state index in [1.165, 1.54) is 193 Å². The maximum Gasteiger partial charge on any atom is -1.00 e. The van der Waals surface area contributed by atoms with Crippen LogP contribution in [0.1, 0.15) is 249 Å². The van der Waals surface area contributed by atoms with Crippen molar-refractivity contribution in [3.8, 4) is 0 Å². The smallest absolute Gasteiger partial charge is 1.00 e. The molecule has 0 spiro atoms. The molecule has 368 valence electrons. The minimum atomic E-state index is -2.85. The molecule has 0 saturated carbocycles. The Morgan fingerprint density at radius 2 is 0.576 bits per heavy atom. The Morgan fingerprint density at radius 1 is 0.348 bits per heavy atom. The van der Waals surface area contributed by atoms with E-state index in [0.29, 0.717) is 0 Å². The van der Waals surface area contributed by atoms with E-state index >= 15 is 0 Å². The van der Waals surface area contributed by atoms with Gasteiger partial charge in [-0.15, -0.1) is 0 Å². The van der Waals surface area contributed by atoms with Gasteiger partial charge in [-0.1, -0.05) is 41.5 Å². The molecule has 0 N–H and O–H groups in total. The summed E-state index contributed by atoms with van der Waals surface area (Å²) in [5.41, 5.74) is 12.9. The second-order valence-corrected chi connectivity index (χ2v) is 24.8. The molecular weight excluding hydrogens is 915 g/mol. The summed E-state index contributed by atoms with van der Waals surface area (Å²) in [6.07, 6.45) is 40.0. The molecule has 0 radical (unpaired) electrons. The van der Waals surface area contributed by atoms with Crippen molar-refractivity contribution >= 4 is 23.6 Å². The molecule has 0 atom stereocenters. The van der Waals surface area contributed by atoms with E-state index in [1.807, 2.05) is 0 Å². The Kier molecular flexibility index (Phi) is 34.3. The summed E-state index contributed by atoms with van der Waals surface area (Å²) in [5.74, 6) is 0. The minimum Gasteiger partial charge on any atom is -1.00 e. The van der Waals surface area contributed by atoms with Crippen LogP contribution in [-0.2, 0) is 59.0 Å². The monoisotopic (exact) mass is 1010 g/mol. The fourth-order valence-electron chi connectivity index (χ4n) is 10.8. The van der Waals surface area contributed by atoms with Crippen molar-refractivity contribution in [3.63, 3.8) is 0 Å². The molecule has 3 aromatic carbocycles. The quantitative estimate of drug-likeness (QED) is 0.0324. The maximum atomic E-state index is 2.80. The van der Waals surface area contributed by atoms with Gasteiger partial charge in [0.1, 0.15) is 0 Å². The Bertz CT molecular complexity index is 1580. The van der Waals surface area contributed by atoms with Crippen LogP contribution in [0.3, 0.4) is 0 Å². The average molecular weight is 1010 g/mol. The van der Waals surface area contributed by atoms with Gasteiger partial charge in [0, 0.05) is 0 Å². The molecule has 0 amide bonds. The first-order valence-corrected chi connectivity index (χ1v) is 30.0. The van der Waals surface area contributed by atoms with Crippen molar-refractivity contribution in [1.29, 1.82) is 0 Å². The van der Waals surface area contributed by atoms with Gasteiger partial charge in [0.2, 0.25) is 0 Å². The summed E-state index contributed by atoms with van der Waals surface area (Å²) in [6, 6.07) is 24.8. The van der Waals surface area contributed by atoms with Gasteiger partial charge in [0.05, 0.1) is 0 Å². The largest absolute Gasteiger partial charge is 1.00 e. The molecule has 4 rings (SSSR count).